The Morgan fingerprint density at radius 1 is 0.906 bits per heavy atom. The van der Waals surface area contributed by atoms with E-state index < -0.39 is 0 Å². The second-order valence-corrected chi connectivity index (χ2v) is 12.3. The predicted molar refractivity (Wildman–Crippen MR) is 145 cm³/mol. The van der Waals surface area contributed by atoms with Gasteiger partial charge in [0.05, 0.1) is 0 Å². The molecule has 0 radical (unpaired) electrons. The van der Waals surface area contributed by atoms with Gasteiger partial charge in [0.15, 0.2) is 0 Å². The lowest BCUT2D eigenvalue weighted by Crippen LogP contribution is -2.50. The summed E-state index contributed by atoms with van der Waals surface area (Å²) in [6, 6.07) is 0. The SMILES string of the molecule is CC.CC.CCC1CCC2(C)C(=CCC3C2CCC2(C)C(CCCCC(C)C)CCC32)C1. The Hall–Kier alpha value is -0.260. The van der Waals surface area contributed by atoms with Gasteiger partial charge in [0.2, 0.25) is 0 Å². The highest BCUT2D eigenvalue weighted by atomic mass is 14.6. The van der Waals surface area contributed by atoms with Crippen molar-refractivity contribution in [3.63, 3.8) is 0 Å². The van der Waals surface area contributed by atoms with Crippen molar-refractivity contribution in [3.05, 3.63) is 11.6 Å². The minimum absolute atomic E-state index is 0.561. The topological polar surface area (TPSA) is 0 Å². The van der Waals surface area contributed by atoms with E-state index in [4.69, 9.17) is 0 Å². The fourth-order valence-electron chi connectivity index (χ4n) is 8.61. The van der Waals surface area contributed by atoms with Gasteiger partial charge in [0.1, 0.15) is 0 Å². The first-order valence-corrected chi connectivity index (χ1v) is 15.1. The van der Waals surface area contributed by atoms with Gasteiger partial charge in [0, 0.05) is 0 Å². The first-order valence-electron chi connectivity index (χ1n) is 15.1. The summed E-state index contributed by atoms with van der Waals surface area (Å²) in [5, 5.41) is 0. The van der Waals surface area contributed by atoms with E-state index in [1.54, 1.807) is 6.42 Å². The normalized spacial score (nSPS) is 40.1. The zero-order chi connectivity index (χ0) is 23.9. The van der Waals surface area contributed by atoms with Crippen molar-refractivity contribution in [2.75, 3.05) is 0 Å². The van der Waals surface area contributed by atoms with Gasteiger partial charge in [-0.2, -0.15) is 0 Å². The lowest BCUT2D eigenvalue weighted by molar-refractivity contribution is -0.0456. The quantitative estimate of drug-likeness (QED) is 0.282. The van der Waals surface area contributed by atoms with Gasteiger partial charge >= 0.3 is 0 Å². The number of hydrogen-bond donors (Lipinski definition) is 0. The minimum Gasteiger partial charge on any atom is -0.0845 e. The van der Waals surface area contributed by atoms with E-state index in [9.17, 15) is 0 Å². The molecule has 0 aromatic carbocycles. The van der Waals surface area contributed by atoms with Crippen LogP contribution in [0.5, 0.6) is 0 Å². The van der Waals surface area contributed by atoms with Crippen LogP contribution in [0.15, 0.2) is 11.6 Å². The zero-order valence-electron chi connectivity index (χ0n) is 23.7. The molecule has 0 aliphatic heterocycles. The van der Waals surface area contributed by atoms with Crippen molar-refractivity contribution in [2.24, 2.45) is 46.3 Å². The molecule has 0 heterocycles. The monoisotopic (exact) mass is 444 g/mol. The molecule has 0 heteroatoms. The molecule has 7 atom stereocenters. The molecular weight excluding hydrogens is 384 g/mol. The molecule has 0 amide bonds. The highest BCUT2D eigenvalue weighted by Crippen LogP contribution is 2.67. The average Bonchev–Trinajstić information content (AvgIpc) is 3.15. The van der Waals surface area contributed by atoms with Crippen LogP contribution in [-0.4, -0.2) is 0 Å². The van der Waals surface area contributed by atoms with Gasteiger partial charge in [-0.25, -0.2) is 0 Å². The van der Waals surface area contributed by atoms with E-state index >= 15 is 0 Å². The molecule has 0 aromatic rings. The molecule has 32 heavy (non-hydrogen) atoms. The van der Waals surface area contributed by atoms with Crippen LogP contribution in [-0.2, 0) is 0 Å². The average molecular weight is 445 g/mol. The van der Waals surface area contributed by atoms with Crippen molar-refractivity contribution >= 4 is 0 Å². The van der Waals surface area contributed by atoms with Crippen molar-refractivity contribution in [1.82, 2.24) is 0 Å². The first-order chi connectivity index (χ1) is 15.4. The van der Waals surface area contributed by atoms with Crippen LogP contribution in [0.4, 0.5) is 0 Å². The maximum Gasteiger partial charge on any atom is -0.00851 e. The molecule has 3 fully saturated rings. The number of hydrogen-bond acceptors (Lipinski definition) is 0. The third-order valence-electron chi connectivity index (χ3n) is 10.6. The maximum atomic E-state index is 2.77. The van der Waals surface area contributed by atoms with E-state index in [1.807, 2.05) is 33.3 Å². The Kier molecular flexibility index (Phi) is 10.9. The van der Waals surface area contributed by atoms with E-state index in [2.05, 4.69) is 40.7 Å². The first kappa shape index (κ1) is 28.0. The Morgan fingerprint density at radius 2 is 1.62 bits per heavy atom. The molecular formula is C32H60. The second kappa shape index (κ2) is 12.4. The summed E-state index contributed by atoms with van der Waals surface area (Å²) in [6.07, 6.45) is 22.0. The molecule has 0 aromatic heterocycles. The fraction of sp³-hybridized carbons (Fsp3) is 0.938. The largest absolute Gasteiger partial charge is 0.0845 e. The van der Waals surface area contributed by atoms with E-state index in [-0.39, 0.29) is 0 Å². The summed E-state index contributed by atoms with van der Waals surface area (Å²) < 4.78 is 0. The Morgan fingerprint density at radius 3 is 2.28 bits per heavy atom. The van der Waals surface area contributed by atoms with Crippen LogP contribution in [0.3, 0.4) is 0 Å². The lowest BCUT2D eigenvalue weighted by Gasteiger charge is -2.58. The van der Waals surface area contributed by atoms with Gasteiger partial charge in [-0.05, 0) is 104 Å². The molecule has 0 N–H and O–H groups in total. The molecule has 0 spiro atoms. The molecule has 0 bridgehead atoms. The molecule has 3 saturated carbocycles. The summed E-state index contributed by atoms with van der Waals surface area (Å²) in [5.41, 5.74) is 3.12. The Bertz CT molecular complexity index is 571. The summed E-state index contributed by atoms with van der Waals surface area (Å²) >= 11 is 0. The summed E-state index contributed by atoms with van der Waals surface area (Å²) in [6.45, 7) is 20.6. The number of rotatable bonds is 6. The summed E-state index contributed by atoms with van der Waals surface area (Å²) in [5.74, 6) is 5.93. The van der Waals surface area contributed by atoms with E-state index in [1.165, 1.54) is 77.0 Å². The molecule has 0 saturated heterocycles. The van der Waals surface area contributed by atoms with Crippen LogP contribution in [0.2, 0.25) is 0 Å². The molecule has 4 aliphatic carbocycles. The van der Waals surface area contributed by atoms with Gasteiger partial charge in [-0.1, -0.05) is 99.6 Å². The van der Waals surface area contributed by atoms with Crippen LogP contribution >= 0.6 is 0 Å². The van der Waals surface area contributed by atoms with E-state index in [0.29, 0.717) is 10.8 Å². The van der Waals surface area contributed by atoms with Gasteiger partial charge in [-0.15, -0.1) is 0 Å². The standard InChI is InChI=1S/C28H48.2C2H6/c1-6-21-15-17-28(5)23(19-21)11-13-24-25-14-12-22(10-8-7-9-20(2)3)27(25,4)18-16-26(24)28;2*1-2/h11,20-22,24-26H,6-10,12-19H2,1-5H3;2*1-2H3. The van der Waals surface area contributed by atoms with Crippen LogP contribution < -0.4 is 0 Å². The van der Waals surface area contributed by atoms with Gasteiger partial charge in [-0.3, -0.25) is 0 Å². The molecule has 0 nitrogen and oxygen atoms in total. The predicted octanol–water partition coefficient (Wildman–Crippen LogP) is 10.9. The van der Waals surface area contributed by atoms with E-state index in [0.717, 1.165) is 35.5 Å². The molecule has 188 valence electrons. The smallest absolute Gasteiger partial charge is 0.00851 e. The third kappa shape index (κ3) is 5.51. The molecule has 7 unspecified atom stereocenters. The van der Waals surface area contributed by atoms with Gasteiger partial charge < -0.3 is 0 Å². The summed E-state index contributed by atoms with van der Waals surface area (Å²) in [7, 11) is 0. The minimum atomic E-state index is 0.561. The highest BCUT2D eigenvalue weighted by Gasteiger charge is 2.58. The highest BCUT2D eigenvalue weighted by molar-refractivity contribution is 5.25. The lowest BCUT2D eigenvalue weighted by atomic mass is 9.47. The second-order valence-electron chi connectivity index (χ2n) is 12.3. The van der Waals surface area contributed by atoms with Gasteiger partial charge in [0.25, 0.3) is 0 Å². The van der Waals surface area contributed by atoms with Crippen molar-refractivity contribution in [3.8, 4) is 0 Å². The molecule has 4 aliphatic rings. The van der Waals surface area contributed by atoms with Crippen molar-refractivity contribution in [1.29, 1.82) is 0 Å². The number of allylic oxidation sites excluding steroid dienone is 2. The summed E-state index contributed by atoms with van der Waals surface area (Å²) in [4.78, 5) is 0. The Labute approximate surface area is 203 Å². The number of fused-ring (bicyclic) bond motifs is 5. The van der Waals surface area contributed by atoms with Crippen molar-refractivity contribution < 1.29 is 0 Å². The maximum absolute atomic E-state index is 2.77. The van der Waals surface area contributed by atoms with Crippen LogP contribution in [0.25, 0.3) is 0 Å². The van der Waals surface area contributed by atoms with Crippen LogP contribution in [0, 0.1) is 46.3 Å². The zero-order valence-corrected chi connectivity index (χ0v) is 23.7. The van der Waals surface area contributed by atoms with Crippen LogP contribution in [0.1, 0.15) is 146 Å². The third-order valence-corrected chi connectivity index (χ3v) is 10.6. The molecule has 4 rings (SSSR count). The van der Waals surface area contributed by atoms with Crippen molar-refractivity contribution in [2.45, 2.75) is 146 Å². The Balaban J connectivity index is 0.000000860. The fourth-order valence-corrected chi connectivity index (χ4v) is 8.61. The number of unbranched alkanes of at least 4 members (excludes halogenated alkanes) is 1.